The van der Waals surface area contributed by atoms with Gasteiger partial charge in [-0.05, 0) is 62.4 Å². The van der Waals surface area contributed by atoms with Crippen LogP contribution < -0.4 is 4.72 Å². The van der Waals surface area contributed by atoms with Crippen LogP contribution in [-0.4, -0.2) is 32.3 Å². The number of nitrogens with zero attached hydrogens (tertiary/aromatic N) is 1. The van der Waals surface area contributed by atoms with E-state index < -0.39 is 10.0 Å². The molecule has 0 radical (unpaired) electrons. The molecule has 2 heterocycles. The van der Waals surface area contributed by atoms with E-state index in [1.54, 1.807) is 22.4 Å². The van der Waals surface area contributed by atoms with Crippen molar-refractivity contribution in [3.63, 3.8) is 0 Å². The Morgan fingerprint density at radius 2 is 1.80 bits per heavy atom. The van der Waals surface area contributed by atoms with Gasteiger partial charge < -0.3 is 4.90 Å². The second-order valence-electron chi connectivity index (χ2n) is 6.41. The molecule has 0 spiro atoms. The van der Waals surface area contributed by atoms with Crippen LogP contribution in [0.3, 0.4) is 0 Å². The molecule has 0 saturated carbocycles. The number of nitrogens with one attached hydrogen (secondary N) is 1. The van der Waals surface area contributed by atoms with E-state index in [0.29, 0.717) is 11.3 Å². The van der Waals surface area contributed by atoms with E-state index in [2.05, 4.69) is 4.72 Å². The molecule has 1 aromatic heterocycles. The third-order valence-electron chi connectivity index (χ3n) is 4.49. The van der Waals surface area contributed by atoms with Gasteiger partial charge in [0.15, 0.2) is 0 Å². The fraction of sp³-hybridized carbons (Fsp3) is 0.389. The van der Waals surface area contributed by atoms with Gasteiger partial charge in [0, 0.05) is 24.2 Å². The number of sulfonamides is 1. The quantitative estimate of drug-likeness (QED) is 0.880. The minimum Gasteiger partial charge on any atom is -0.339 e. The summed E-state index contributed by atoms with van der Waals surface area (Å²) < 4.78 is 27.9. The van der Waals surface area contributed by atoms with Crippen LogP contribution in [0.25, 0.3) is 0 Å². The molecule has 1 aliphatic heterocycles. The number of piperidine rings is 1. The number of anilines is 1. The first-order valence-electron chi connectivity index (χ1n) is 8.35. The van der Waals surface area contributed by atoms with Gasteiger partial charge in [-0.2, -0.15) is 0 Å². The summed E-state index contributed by atoms with van der Waals surface area (Å²) in [5, 5.41) is 1.63. The fourth-order valence-corrected chi connectivity index (χ4v) is 5.06. The molecule has 0 unspecified atom stereocenters. The second-order valence-corrected chi connectivity index (χ2v) is 9.23. The third kappa shape index (κ3) is 4.04. The maximum absolute atomic E-state index is 12.6. The van der Waals surface area contributed by atoms with E-state index in [1.807, 2.05) is 19.9 Å². The molecule has 1 saturated heterocycles. The summed E-state index contributed by atoms with van der Waals surface area (Å²) in [6.45, 7) is 5.41. The summed E-state index contributed by atoms with van der Waals surface area (Å²) in [6.07, 6.45) is 3.16. The van der Waals surface area contributed by atoms with E-state index in [0.717, 1.165) is 54.8 Å². The van der Waals surface area contributed by atoms with Gasteiger partial charge in [0.25, 0.3) is 15.9 Å². The van der Waals surface area contributed by atoms with Crippen molar-refractivity contribution in [1.82, 2.24) is 4.90 Å². The number of carbonyl (C=O) groups excluding carboxylic acids is 1. The molecule has 7 heteroatoms. The SMILES string of the molecule is Cc1ccc(NS(=O)(=O)c2cc(C(=O)N3CCCCC3)cs2)cc1C. The van der Waals surface area contributed by atoms with Gasteiger partial charge in [0.1, 0.15) is 4.21 Å². The molecular formula is C18H22N2O3S2. The summed E-state index contributed by atoms with van der Waals surface area (Å²) >= 11 is 1.08. The molecule has 5 nitrogen and oxygen atoms in total. The van der Waals surface area contributed by atoms with Crippen molar-refractivity contribution < 1.29 is 13.2 Å². The van der Waals surface area contributed by atoms with E-state index in [4.69, 9.17) is 0 Å². The minimum absolute atomic E-state index is 0.0800. The molecule has 2 aromatic rings. The maximum Gasteiger partial charge on any atom is 0.271 e. The van der Waals surface area contributed by atoms with Crippen LogP contribution in [0.4, 0.5) is 5.69 Å². The summed E-state index contributed by atoms with van der Waals surface area (Å²) in [6, 6.07) is 6.91. The average Bonchev–Trinajstić information content (AvgIpc) is 3.09. The molecule has 134 valence electrons. The number of amides is 1. The van der Waals surface area contributed by atoms with Crippen molar-refractivity contribution in [2.45, 2.75) is 37.3 Å². The lowest BCUT2D eigenvalue weighted by Crippen LogP contribution is -2.35. The smallest absolute Gasteiger partial charge is 0.271 e. The standard InChI is InChI=1S/C18H22N2O3S2/c1-13-6-7-16(10-14(13)2)19-25(22,23)17-11-15(12-24-17)18(21)20-8-4-3-5-9-20/h6-7,10-12,19H,3-5,8-9H2,1-2H3. The molecule has 1 amide bonds. The second kappa shape index (κ2) is 7.17. The van der Waals surface area contributed by atoms with Crippen LogP contribution in [0, 0.1) is 13.8 Å². The van der Waals surface area contributed by atoms with Crippen molar-refractivity contribution in [3.05, 3.63) is 46.3 Å². The Morgan fingerprint density at radius 3 is 2.48 bits per heavy atom. The van der Waals surface area contributed by atoms with Gasteiger partial charge >= 0.3 is 0 Å². The zero-order chi connectivity index (χ0) is 18.0. The predicted octanol–water partition coefficient (Wildman–Crippen LogP) is 3.79. The Bertz CT molecular complexity index is 881. The Labute approximate surface area is 152 Å². The van der Waals surface area contributed by atoms with Crippen LogP contribution in [0.5, 0.6) is 0 Å². The van der Waals surface area contributed by atoms with Gasteiger partial charge in [-0.25, -0.2) is 8.42 Å². The van der Waals surface area contributed by atoms with Crippen LogP contribution >= 0.6 is 11.3 Å². The number of thiophene rings is 1. The topological polar surface area (TPSA) is 66.5 Å². The number of likely N-dealkylation sites (tertiary alicyclic amines) is 1. The molecular weight excluding hydrogens is 356 g/mol. The Morgan fingerprint density at radius 1 is 1.08 bits per heavy atom. The molecule has 25 heavy (non-hydrogen) atoms. The Balaban J connectivity index is 1.77. The molecule has 1 fully saturated rings. The number of benzene rings is 1. The van der Waals surface area contributed by atoms with Gasteiger partial charge in [0.2, 0.25) is 0 Å². The average molecular weight is 379 g/mol. The third-order valence-corrected chi connectivity index (χ3v) is 7.31. The van der Waals surface area contributed by atoms with Crippen molar-refractivity contribution in [2.24, 2.45) is 0 Å². The number of hydrogen-bond acceptors (Lipinski definition) is 4. The first-order valence-corrected chi connectivity index (χ1v) is 10.7. The van der Waals surface area contributed by atoms with Crippen molar-refractivity contribution in [3.8, 4) is 0 Å². The number of rotatable bonds is 4. The Hall–Kier alpha value is -1.86. The molecule has 0 atom stereocenters. The number of aryl methyl sites for hydroxylation is 2. The fourth-order valence-electron chi connectivity index (χ4n) is 2.86. The molecule has 1 aliphatic rings. The lowest BCUT2D eigenvalue weighted by atomic mass is 10.1. The highest BCUT2D eigenvalue weighted by molar-refractivity contribution is 7.94. The number of hydrogen-bond donors (Lipinski definition) is 1. The summed E-state index contributed by atoms with van der Waals surface area (Å²) in [5.74, 6) is -0.0800. The summed E-state index contributed by atoms with van der Waals surface area (Å²) in [4.78, 5) is 14.3. The zero-order valence-corrected chi connectivity index (χ0v) is 16.0. The zero-order valence-electron chi connectivity index (χ0n) is 14.4. The van der Waals surface area contributed by atoms with Crippen LogP contribution in [-0.2, 0) is 10.0 Å². The van der Waals surface area contributed by atoms with Gasteiger partial charge in [-0.1, -0.05) is 6.07 Å². The predicted molar refractivity (Wildman–Crippen MR) is 101 cm³/mol. The van der Waals surface area contributed by atoms with Gasteiger partial charge in [-0.15, -0.1) is 11.3 Å². The van der Waals surface area contributed by atoms with Crippen LogP contribution in [0.2, 0.25) is 0 Å². The highest BCUT2D eigenvalue weighted by Gasteiger charge is 2.23. The van der Waals surface area contributed by atoms with Crippen molar-refractivity contribution in [2.75, 3.05) is 17.8 Å². The van der Waals surface area contributed by atoms with Gasteiger partial charge in [0.05, 0.1) is 5.56 Å². The maximum atomic E-state index is 12.6. The van der Waals surface area contributed by atoms with Crippen LogP contribution in [0.1, 0.15) is 40.7 Å². The van der Waals surface area contributed by atoms with Gasteiger partial charge in [-0.3, -0.25) is 9.52 Å². The van der Waals surface area contributed by atoms with Crippen molar-refractivity contribution >= 4 is 33.0 Å². The number of carbonyl (C=O) groups is 1. The highest BCUT2D eigenvalue weighted by atomic mass is 32.2. The monoisotopic (exact) mass is 378 g/mol. The normalized spacial score (nSPS) is 15.2. The van der Waals surface area contributed by atoms with E-state index in [-0.39, 0.29) is 10.1 Å². The lowest BCUT2D eigenvalue weighted by Gasteiger charge is -2.26. The highest BCUT2D eigenvalue weighted by Crippen LogP contribution is 2.25. The van der Waals surface area contributed by atoms with E-state index in [9.17, 15) is 13.2 Å². The summed E-state index contributed by atoms with van der Waals surface area (Å²) in [5.41, 5.74) is 3.11. The first-order chi connectivity index (χ1) is 11.9. The van der Waals surface area contributed by atoms with Crippen LogP contribution in [0.15, 0.2) is 33.9 Å². The molecule has 1 N–H and O–H groups in total. The Kier molecular flexibility index (Phi) is 5.15. The summed E-state index contributed by atoms with van der Waals surface area (Å²) in [7, 11) is -3.69. The molecule has 1 aromatic carbocycles. The molecule has 0 aliphatic carbocycles. The van der Waals surface area contributed by atoms with Crippen molar-refractivity contribution in [1.29, 1.82) is 0 Å². The van der Waals surface area contributed by atoms with E-state index >= 15 is 0 Å². The lowest BCUT2D eigenvalue weighted by molar-refractivity contribution is 0.0725. The van der Waals surface area contributed by atoms with E-state index in [1.165, 1.54) is 6.07 Å². The molecule has 3 rings (SSSR count). The largest absolute Gasteiger partial charge is 0.339 e. The first kappa shape index (κ1) is 17.9. The molecule has 0 bridgehead atoms. The minimum atomic E-state index is -3.69.